The van der Waals surface area contributed by atoms with Crippen molar-refractivity contribution >= 4 is 5.91 Å². The number of aliphatic hydroxyl groups is 1. The minimum Gasteiger partial charge on any atom is -0.393 e. The van der Waals surface area contributed by atoms with Crippen LogP contribution >= 0.6 is 0 Å². The molecule has 2 fully saturated rings. The summed E-state index contributed by atoms with van der Waals surface area (Å²) >= 11 is 0. The van der Waals surface area contributed by atoms with E-state index in [1.54, 1.807) is 0 Å². The molecule has 0 aromatic rings. The Morgan fingerprint density at radius 3 is 2.73 bits per heavy atom. The first-order valence-electron chi connectivity index (χ1n) is 5.79. The summed E-state index contributed by atoms with van der Waals surface area (Å²) in [6, 6.07) is 0.340. The lowest BCUT2D eigenvalue weighted by Crippen LogP contribution is -2.42. The van der Waals surface area contributed by atoms with Gasteiger partial charge in [0.2, 0.25) is 5.91 Å². The van der Waals surface area contributed by atoms with Crippen LogP contribution < -0.4 is 5.32 Å². The van der Waals surface area contributed by atoms with Crippen LogP contribution in [0.3, 0.4) is 0 Å². The second-order valence-electron chi connectivity index (χ2n) is 5.02. The fourth-order valence-electron chi connectivity index (χ4n) is 2.56. The lowest BCUT2D eigenvalue weighted by Gasteiger charge is -2.35. The summed E-state index contributed by atoms with van der Waals surface area (Å²) in [6.45, 7) is 1.99. The first-order valence-corrected chi connectivity index (χ1v) is 5.79. The average molecular weight is 212 g/mol. The van der Waals surface area contributed by atoms with Crippen LogP contribution in [0.4, 0.5) is 0 Å². The van der Waals surface area contributed by atoms with Crippen molar-refractivity contribution in [3.05, 3.63) is 0 Å². The van der Waals surface area contributed by atoms with E-state index < -0.39 is 0 Å². The normalized spacial score (nSPS) is 35.4. The number of likely N-dealkylation sites (N-methyl/N-ethyl adjacent to an activating group) is 1. The molecule has 1 atom stereocenters. The van der Waals surface area contributed by atoms with Gasteiger partial charge in [-0.15, -0.1) is 0 Å². The SMILES string of the molecule is CN(CC1CC(O)C1)CC1CCC(=O)N1. The highest BCUT2D eigenvalue weighted by molar-refractivity contribution is 5.78. The topological polar surface area (TPSA) is 52.6 Å². The van der Waals surface area contributed by atoms with Gasteiger partial charge in [-0.2, -0.15) is 0 Å². The van der Waals surface area contributed by atoms with E-state index in [0.29, 0.717) is 18.4 Å². The third-order valence-electron chi connectivity index (χ3n) is 3.40. The van der Waals surface area contributed by atoms with Gasteiger partial charge in [0.05, 0.1) is 6.10 Å². The Morgan fingerprint density at radius 1 is 1.47 bits per heavy atom. The van der Waals surface area contributed by atoms with Gasteiger partial charge >= 0.3 is 0 Å². The van der Waals surface area contributed by atoms with Gasteiger partial charge in [-0.3, -0.25) is 4.79 Å². The first kappa shape index (κ1) is 10.9. The standard InChI is InChI=1S/C11H20N2O2/c1-13(6-8-4-10(14)5-8)7-9-2-3-11(15)12-9/h8-10,14H,2-7H2,1H3,(H,12,15). The maximum absolute atomic E-state index is 11.0. The minimum atomic E-state index is -0.0606. The van der Waals surface area contributed by atoms with Crippen molar-refractivity contribution in [1.29, 1.82) is 0 Å². The average Bonchev–Trinajstić information content (AvgIpc) is 2.48. The molecule has 4 heteroatoms. The highest BCUT2D eigenvalue weighted by atomic mass is 16.3. The number of amides is 1. The van der Waals surface area contributed by atoms with E-state index in [1.165, 1.54) is 0 Å². The molecule has 1 aliphatic heterocycles. The quantitative estimate of drug-likeness (QED) is 0.688. The van der Waals surface area contributed by atoms with E-state index in [0.717, 1.165) is 32.4 Å². The zero-order chi connectivity index (χ0) is 10.8. The Labute approximate surface area is 90.6 Å². The molecule has 15 heavy (non-hydrogen) atoms. The predicted octanol–water partition coefficient (Wildman–Crippen LogP) is -0.0323. The van der Waals surface area contributed by atoms with E-state index in [4.69, 9.17) is 0 Å². The predicted molar refractivity (Wildman–Crippen MR) is 57.4 cm³/mol. The Balaban J connectivity index is 1.64. The van der Waals surface area contributed by atoms with Crippen LogP contribution in [-0.2, 0) is 4.79 Å². The summed E-state index contributed by atoms with van der Waals surface area (Å²) < 4.78 is 0. The molecule has 1 saturated heterocycles. The highest BCUT2D eigenvalue weighted by Crippen LogP contribution is 2.27. The van der Waals surface area contributed by atoms with E-state index in [1.807, 2.05) is 0 Å². The lowest BCUT2D eigenvalue weighted by molar-refractivity contribution is -0.119. The van der Waals surface area contributed by atoms with Crippen molar-refractivity contribution in [3.8, 4) is 0 Å². The van der Waals surface area contributed by atoms with Gasteiger partial charge in [0.15, 0.2) is 0 Å². The molecule has 0 bridgehead atoms. The smallest absolute Gasteiger partial charge is 0.220 e. The molecule has 0 spiro atoms. The van der Waals surface area contributed by atoms with Gasteiger partial charge in [0.1, 0.15) is 0 Å². The minimum absolute atomic E-state index is 0.0606. The van der Waals surface area contributed by atoms with E-state index in [-0.39, 0.29) is 12.0 Å². The van der Waals surface area contributed by atoms with Gasteiger partial charge in [-0.05, 0) is 32.2 Å². The summed E-state index contributed by atoms with van der Waals surface area (Å²) in [5, 5.41) is 12.1. The number of carbonyl (C=O) groups is 1. The number of hydrogen-bond acceptors (Lipinski definition) is 3. The van der Waals surface area contributed by atoms with Crippen LogP contribution in [0.1, 0.15) is 25.7 Å². The summed E-state index contributed by atoms with van der Waals surface area (Å²) in [7, 11) is 2.09. The highest BCUT2D eigenvalue weighted by Gasteiger charge is 2.29. The molecule has 0 aromatic carbocycles. The van der Waals surface area contributed by atoms with Crippen molar-refractivity contribution < 1.29 is 9.90 Å². The Morgan fingerprint density at radius 2 is 2.20 bits per heavy atom. The van der Waals surface area contributed by atoms with E-state index >= 15 is 0 Å². The van der Waals surface area contributed by atoms with Crippen LogP contribution in [0.15, 0.2) is 0 Å². The summed E-state index contributed by atoms with van der Waals surface area (Å²) in [5.74, 6) is 0.842. The number of carbonyl (C=O) groups excluding carboxylic acids is 1. The van der Waals surface area contributed by atoms with Crippen LogP contribution in [-0.4, -0.2) is 48.2 Å². The molecule has 1 aliphatic carbocycles. The van der Waals surface area contributed by atoms with Crippen molar-refractivity contribution in [1.82, 2.24) is 10.2 Å². The summed E-state index contributed by atoms with van der Waals surface area (Å²) in [4.78, 5) is 13.3. The molecule has 2 aliphatic rings. The van der Waals surface area contributed by atoms with Crippen molar-refractivity contribution in [2.24, 2.45) is 5.92 Å². The third-order valence-corrected chi connectivity index (χ3v) is 3.40. The molecule has 0 aromatic heterocycles. The Kier molecular flexibility index (Phi) is 3.26. The van der Waals surface area contributed by atoms with Crippen LogP contribution in [0.25, 0.3) is 0 Å². The van der Waals surface area contributed by atoms with Crippen molar-refractivity contribution in [3.63, 3.8) is 0 Å². The summed E-state index contributed by atoms with van der Waals surface area (Å²) in [5.41, 5.74) is 0. The number of hydrogen-bond donors (Lipinski definition) is 2. The maximum atomic E-state index is 11.0. The maximum Gasteiger partial charge on any atom is 0.220 e. The molecule has 2 rings (SSSR count). The van der Waals surface area contributed by atoms with Crippen LogP contribution in [0, 0.1) is 5.92 Å². The van der Waals surface area contributed by atoms with Gasteiger partial charge in [-0.1, -0.05) is 0 Å². The molecule has 4 nitrogen and oxygen atoms in total. The first-order chi connectivity index (χ1) is 7.13. The van der Waals surface area contributed by atoms with E-state index in [2.05, 4.69) is 17.3 Å². The van der Waals surface area contributed by atoms with Crippen LogP contribution in [0.5, 0.6) is 0 Å². The number of aliphatic hydroxyl groups excluding tert-OH is 1. The fraction of sp³-hybridized carbons (Fsp3) is 0.909. The second kappa shape index (κ2) is 4.49. The Bertz CT molecular complexity index is 239. The lowest BCUT2D eigenvalue weighted by atomic mass is 9.82. The molecule has 1 unspecified atom stereocenters. The van der Waals surface area contributed by atoms with Crippen LogP contribution in [0.2, 0.25) is 0 Å². The van der Waals surface area contributed by atoms with Gasteiger partial charge in [-0.25, -0.2) is 0 Å². The molecule has 1 saturated carbocycles. The number of nitrogens with one attached hydrogen (secondary N) is 1. The summed E-state index contributed by atoms with van der Waals surface area (Å²) in [6.07, 6.45) is 3.48. The zero-order valence-corrected chi connectivity index (χ0v) is 9.28. The van der Waals surface area contributed by atoms with Gasteiger partial charge in [0.25, 0.3) is 0 Å². The zero-order valence-electron chi connectivity index (χ0n) is 9.28. The molecule has 2 N–H and O–H groups in total. The molecular weight excluding hydrogens is 192 g/mol. The van der Waals surface area contributed by atoms with Crippen molar-refractivity contribution in [2.75, 3.05) is 20.1 Å². The molecular formula is C11H20N2O2. The Hall–Kier alpha value is -0.610. The third kappa shape index (κ3) is 2.92. The molecule has 1 amide bonds. The monoisotopic (exact) mass is 212 g/mol. The van der Waals surface area contributed by atoms with Gasteiger partial charge in [0, 0.05) is 25.6 Å². The molecule has 0 radical (unpaired) electrons. The van der Waals surface area contributed by atoms with Gasteiger partial charge < -0.3 is 15.3 Å². The number of nitrogens with zero attached hydrogens (tertiary/aromatic N) is 1. The molecule has 1 heterocycles. The largest absolute Gasteiger partial charge is 0.393 e. The van der Waals surface area contributed by atoms with Crippen molar-refractivity contribution in [2.45, 2.75) is 37.8 Å². The number of rotatable bonds is 4. The van der Waals surface area contributed by atoms with E-state index in [9.17, 15) is 9.90 Å². The second-order valence-corrected chi connectivity index (χ2v) is 5.02. The molecule has 86 valence electrons. The fourth-order valence-corrected chi connectivity index (χ4v) is 2.56.